The monoisotopic (exact) mass is 403 g/mol. The van der Waals surface area contributed by atoms with Gasteiger partial charge >= 0.3 is 0 Å². The fraction of sp³-hybridized carbons (Fsp3) is 0.333. The standard InChI is InChI=1S/C21H20F3N3O2/c22-13-5-3-12(4-6-13)11-27-15-2-1-9-26-18(15)17(20(25)29)19(27)14-7-8-21(23,24)10-16(14)28/h1-6,9,14,16,28H,7-8,10-11H2,(H2,25,29)/t14-,16+/m0/s1. The normalized spacial score (nSPS) is 21.4. The number of hydrogen-bond donors (Lipinski definition) is 2. The van der Waals surface area contributed by atoms with E-state index in [2.05, 4.69) is 4.98 Å². The van der Waals surface area contributed by atoms with Crippen LogP contribution in [0.5, 0.6) is 0 Å². The minimum atomic E-state index is -2.95. The van der Waals surface area contributed by atoms with E-state index in [-0.39, 0.29) is 24.3 Å². The first-order valence-electron chi connectivity index (χ1n) is 9.34. The van der Waals surface area contributed by atoms with E-state index in [1.54, 1.807) is 28.8 Å². The summed E-state index contributed by atoms with van der Waals surface area (Å²) >= 11 is 0. The molecule has 0 spiro atoms. The number of halogens is 3. The Morgan fingerprint density at radius 3 is 2.66 bits per heavy atom. The molecule has 0 saturated heterocycles. The highest BCUT2D eigenvalue weighted by Gasteiger charge is 2.43. The number of primary amides is 1. The molecule has 1 fully saturated rings. The highest BCUT2D eigenvalue weighted by atomic mass is 19.3. The number of fused-ring (bicyclic) bond motifs is 1. The van der Waals surface area contributed by atoms with Crippen LogP contribution in [0.2, 0.25) is 0 Å². The third kappa shape index (κ3) is 3.60. The molecule has 0 unspecified atom stereocenters. The van der Waals surface area contributed by atoms with Gasteiger partial charge in [0.15, 0.2) is 0 Å². The van der Waals surface area contributed by atoms with Crippen molar-refractivity contribution >= 4 is 16.9 Å². The number of alkyl halides is 2. The fourth-order valence-corrected chi connectivity index (χ4v) is 4.19. The zero-order valence-electron chi connectivity index (χ0n) is 15.5. The number of carbonyl (C=O) groups excluding carboxylic acids is 1. The molecule has 152 valence electrons. The molecule has 3 N–H and O–H groups in total. The molecule has 29 heavy (non-hydrogen) atoms. The summed E-state index contributed by atoms with van der Waals surface area (Å²) in [5, 5.41) is 10.5. The highest BCUT2D eigenvalue weighted by Crippen LogP contribution is 2.44. The summed E-state index contributed by atoms with van der Waals surface area (Å²) in [4.78, 5) is 16.6. The molecule has 1 saturated carbocycles. The minimum Gasteiger partial charge on any atom is -0.392 e. The SMILES string of the molecule is NC(=O)c1c([C@H]2CCC(F)(F)C[C@H]2O)n(Cc2ccc(F)cc2)c2cccnc12. The number of pyridine rings is 1. The second kappa shape index (κ2) is 7.18. The zero-order chi connectivity index (χ0) is 20.8. The molecular weight excluding hydrogens is 383 g/mol. The second-order valence-electron chi connectivity index (χ2n) is 7.48. The summed E-state index contributed by atoms with van der Waals surface area (Å²) < 4.78 is 42.6. The number of hydrogen-bond acceptors (Lipinski definition) is 3. The number of nitrogens with two attached hydrogens (primary N) is 1. The number of nitrogens with zero attached hydrogens (tertiary/aromatic N) is 2. The smallest absolute Gasteiger partial charge is 0.252 e. The third-order valence-electron chi connectivity index (χ3n) is 5.51. The van der Waals surface area contributed by atoms with Crippen LogP contribution >= 0.6 is 0 Å². The number of aromatic nitrogens is 2. The number of rotatable bonds is 4. The number of carbonyl (C=O) groups is 1. The molecule has 5 nitrogen and oxygen atoms in total. The van der Waals surface area contributed by atoms with Crippen LogP contribution in [0.4, 0.5) is 13.2 Å². The zero-order valence-corrected chi connectivity index (χ0v) is 15.5. The average molecular weight is 403 g/mol. The van der Waals surface area contributed by atoms with E-state index in [0.29, 0.717) is 16.7 Å². The van der Waals surface area contributed by atoms with Gasteiger partial charge in [-0.25, -0.2) is 13.2 Å². The summed E-state index contributed by atoms with van der Waals surface area (Å²) in [5.74, 6) is -4.75. The van der Waals surface area contributed by atoms with Crippen molar-refractivity contribution in [3.05, 3.63) is 65.2 Å². The molecule has 4 rings (SSSR count). The van der Waals surface area contributed by atoms with Gasteiger partial charge in [-0.15, -0.1) is 0 Å². The Morgan fingerprint density at radius 2 is 2.00 bits per heavy atom. The van der Waals surface area contributed by atoms with Crippen LogP contribution in [0.15, 0.2) is 42.6 Å². The van der Waals surface area contributed by atoms with Crippen molar-refractivity contribution in [2.45, 2.75) is 43.8 Å². The van der Waals surface area contributed by atoms with Crippen LogP contribution in [-0.4, -0.2) is 32.6 Å². The van der Waals surface area contributed by atoms with Crippen LogP contribution in [0, 0.1) is 5.82 Å². The molecule has 0 bridgehead atoms. The van der Waals surface area contributed by atoms with E-state index < -0.39 is 36.7 Å². The largest absolute Gasteiger partial charge is 0.392 e. The molecule has 1 aliphatic rings. The van der Waals surface area contributed by atoms with Gasteiger partial charge in [-0.05, 0) is 36.2 Å². The molecule has 1 aliphatic carbocycles. The van der Waals surface area contributed by atoms with E-state index in [9.17, 15) is 23.1 Å². The molecule has 2 heterocycles. The summed E-state index contributed by atoms with van der Waals surface area (Å²) in [5.41, 5.74) is 7.89. The molecular formula is C21H20F3N3O2. The van der Waals surface area contributed by atoms with Gasteiger partial charge < -0.3 is 15.4 Å². The Balaban J connectivity index is 1.90. The molecule has 2 aromatic heterocycles. The molecule has 1 aromatic carbocycles. The first kappa shape index (κ1) is 19.4. The predicted molar refractivity (Wildman–Crippen MR) is 101 cm³/mol. The number of aliphatic hydroxyl groups excluding tert-OH is 1. The van der Waals surface area contributed by atoms with Gasteiger partial charge in [0.25, 0.3) is 11.8 Å². The van der Waals surface area contributed by atoms with Crippen LogP contribution in [0.1, 0.15) is 46.8 Å². The maximum Gasteiger partial charge on any atom is 0.252 e. The van der Waals surface area contributed by atoms with Crippen molar-refractivity contribution in [1.82, 2.24) is 9.55 Å². The Labute approximate surface area is 165 Å². The lowest BCUT2D eigenvalue weighted by Crippen LogP contribution is -2.36. The lowest BCUT2D eigenvalue weighted by molar-refractivity contribution is -0.0847. The molecule has 3 aromatic rings. The number of benzene rings is 1. The van der Waals surface area contributed by atoms with E-state index in [1.807, 2.05) is 0 Å². The average Bonchev–Trinajstić information content (AvgIpc) is 2.97. The molecule has 1 amide bonds. The fourth-order valence-electron chi connectivity index (χ4n) is 4.19. The van der Waals surface area contributed by atoms with Gasteiger partial charge in [0, 0.05) is 37.2 Å². The Bertz CT molecular complexity index is 1060. The maximum atomic E-state index is 13.8. The maximum absolute atomic E-state index is 13.8. The molecule has 0 aliphatic heterocycles. The van der Waals surface area contributed by atoms with Gasteiger partial charge in [-0.1, -0.05) is 12.1 Å². The lowest BCUT2D eigenvalue weighted by atomic mass is 9.81. The van der Waals surface area contributed by atoms with E-state index >= 15 is 0 Å². The van der Waals surface area contributed by atoms with Gasteiger partial charge in [0.2, 0.25) is 0 Å². The van der Waals surface area contributed by atoms with Gasteiger partial charge in [0.05, 0.1) is 17.2 Å². The quantitative estimate of drug-likeness (QED) is 0.699. The van der Waals surface area contributed by atoms with E-state index in [4.69, 9.17) is 5.73 Å². The Morgan fingerprint density at radius 1 is 1.28 bits per heavy atom. The van der Waals surface area contributed by atoms with Gasteiger partial charge in [-0.3, -0.25) is 9.78 Å². The number of amides is 1. The summed E-state index contributed by atoms with van der Waals surface area (Å²) in [6, 6.07) is 9.32. The topological polar surface area (TPSA) is 81.1 Å². The minimum absolute atomic E-state index is 0.00812. The van der Waals surface area contributed by atoms with E-state index in [0.717, 1.165) is 5.56 Å². The van der Waals surface area contributed by atoms with Gasteiger partial charge in [-0.2, -0.15) is 0 Å². The van der Waals surface area contributed by atoms with Crippen molar-refractivity contribution < 1.29 is 23.1 Å². The number of aliphatic hydroxyl groups is 1. The van der Waals surface area contributed by atoms with Crippen LogP contribution in [0.3, 0.4) is 0 Å². The van der Waals surface area contributed by atoms with Crippen LogP contribution in [0.25, 0.3) is 11.0 Å². The van der Waals surface area contributed by atoms with Crippen molar-refractivity contribution in [2.75, 3.05) is 0 Å². The van der Waals surface area contributed by atoms with Crippen molar-refractivity contribution in [3.8, 4) is 0 Å². The van der Waals surface area contributed by atoms with Crippen molar-refractivity contribution in [2.24, 2.45) is 5.73 Å². The molecule has 8 heteroatoms. The summed E-state index contributed by atoms with van der Waals surface area (Å²) in [6.45, 7) is 0.255. The third-order valence-corrected chi connectivity index (χ3v) is 5.51. The Kier molecular flexibility index (Phi) is 4.82. The lowest BCUT2D eigenvalue weighted by Gasteiger charge is -2.34. The van der Waals surface area contributed by atoms with E-state index in [1.165, 1.54) is 18.3 Å². The second-order valence-corrected chi connectivity index (χ2v) is 7.48. The molecule has 0 radical (unpaired) electrons. The van der Waals surface area contributed by atoms with Gasteiger partial charge in [0.1, 0.15) is 11.3 Å². The summed E-state index contributed by atoms with van der Waals surface area (Å²) in [7, 11) is 0. The first-order valence-corrected chi connectivity index (χ1v) is 9.34. The van der Waals surface area contributed by atoms with Crippen molar-refractivity contribution in [1.29, 1.82) is 0 Å². The summed E-state index contributed by atoms with van der Waals surface area (Å²) in [6.07, 6.45) is -0.867. The molecule has 2 atom stereocenters. The van der Waals surface area contributed by atoms with Crippen LogP contribution in [-0.2, 0) is 6.54 Å². The highest BCUT2D eigenvalue weighted by molar-refractivity contribution is 6.06. The van der Waals surface area contributed by atoms with Crippen LogP contribution < -0.4 is 5.73 Å². The van der Waals surface area contributed by atoms with Crippen molar-refractivity contribution in [3.63, 3.8) is 0 Å². The predicted octanol–water partition coefficient (Wildman–Crippen LogP) is 3.59. The Hall–Kier alpha value is -2.87. The first-order chi connectivity index (χ1) is 13.8.